The van der Waals surface area contributed by atoms with Gasteiger partial charge in [-0.15, -0.1) is 0 Å². The topological polar surface area (TPSA) is 20.2 Å². The van der Waals surface area contributed by atoms with Crippen LogP contribution in [0.25, 0.3) is 0 Å². The maximum atomic E-state index is 13.0. The van der Waals surface area contributed by atoms with Gasteiger partial charge in [0, 0.05) is 0 Å². The van der Waals surface area contributed by atoms with Gasteiger partial charge >= 0.3 is 6.18 Å². The molecule has 4 heteroatoms. The molecule has 4 atom stereocenters. The summed E-state index contributed by atoms with van der Waals surface area (Å²) in [6.07, 6.45) is -1.19. The molecule has 2 saturated carbocycles. The van der Waals surface area contributed by atoms with E-state index in [4.69, 9.17) is 0 Å². The van der Waals surface area contributed by atoms with Gasteiger partial charge in [0.1, 0.15) is 0 Å². The van der Waals surface area contributed by atoms with Crippen molar-refractivity contribution in [2.24, 2.45) is 17.8 Å². The molecule has 2 aliphatic carbocycles. The highest BCUT2D eigenvalue weighted by molar-refractivity contribution is 5.32. The lowest BCUT2D eigenvalue weighted by atomic mass is 9.81. The molecule has 0 saturated heterocycles. The SMILES string of the molecule is OC(c1ccccc1C(F)(F)F)C1CC2CCC1C2. The minimum absolute atomic E-state index is 0.00208. The Morgan fingerprint density at radius 2 is 1.84 bits per heavy atom. The number of fused-ring (bicyclic) bond motifs is 2. The van der Waals surface area contributed by atoms with Crippen LogP contribution < -0.4 is 0 Å². The Balaban J connectivity index is 1.90. The summed E-state index contributed by atoms with van der Waals surface area (Å²) in [7, 11) is 0. The van der Waals surface area contributed by atoms with Gasteiger partial charge in [-0.1, -0.05) is 24.6 Å². The van der Waals surface area contributed by atoms with E-state index in [-0.39, 0.29) is 11.5 Å². The zero-order chi connectivity index (χ0) is 13.6. The lowest BCUT2D eigenvalue weighted by molar-refractivity contribution is -0.139. The minimum atomic E-state index is -4.39. The molecule has 4 unspecified atom stereocenters. The number of rotatable bonds is 2. The molecule has 2 fully saturated rings. The number of aliphatic hydroxyl groups excluding tert-OH is 1. The molecule has 104 valence electrons. The average Bonchev–Trinajstić information content (AvgIpc) is 2.99. The van der Waals surface area contributed by atoms with E-state index in [0.717, 1.165) is 25.3 Å². The van der Waals surface area contributed by atoms with Crippen molar-refractivity contribution in [1.82, 2.24) is 0 Å². The zero-order valence-electron chi connectivity index (χ0n) is 10.5. The van der Waals surface area contributed by atoms with Crippen LogP contribution in [0.15, 0.2) is 24.3 Å². The van der Waals surface area contributed by atoms with Crippen molar-refractivity contribution < 1.29 is 18.3 Å². The van der Waals surface area contributed by atoms with Crippen LogP contribution in [0.5, 0.6) is 0 Å². The normalized spacial score (nSPS) is 31.7. The number of hydrogen-bond donors (Lipinski definition) is 1. The van der Waals surface area contributed by atoms with Gasteiger partial charge in [-0.3, -0.25) is 0 Å². The molecule has 2 bridgehead atoms. The lowest BCUT2D eigenvalue weighted by Crippen LogP contribution is -2.22. The number of halogens is 3. The standard InChI is InChI=1S/C15H17F3O/c16-15(17,18)13-4-2-1-3-11(13)14(19)12-8-9-5-6-10(12)7-9/h1-4,9-10,12,14,19H,5-8H2. The Labute approximate surface area is 110 Å². The molecule has 19 heavy (non-hydrogen) atoms. The predicted octanol–water partition coefficient (Wildman–Crippen LogP) is 4.18. The van der Waals surface area contributed by atoms with Crippen LogP contribution in [0.3, 0.4) is 0 Å². The van der Waals surface area contributed by atoms with Crippen molar-refractivity contribution in [2.75, 3.05) is 0 Å². The van der Waals surface area contributed by atoms with Gasteiger partial charge in [-0.2, -0.15) is 13.2 Å². The second kappa shape index (κ2) is 4.51. The first-order valence-corrected chi connectivity index (χ1v) is 6.81. The van der Waals surface area contributed by atoms with Gasteiger partial charge in [0.25, 0.3) is 0 Å². The monoisotopic (exact) mass is 270 g/mol. The third-order valence-corrected chi connectivity index (χ3v) is 4.78. The Morgan fingerprint density at radius 1 is 1.11 bits per heavy atom. The van der Waals surface area contributed by atoms with Gasteiger partial charge in [0.2, 0.25) is 0 Å². The summed E-state index contributed by atoms with van der Waals surface area (Å²) in [4.78, 5) is 0. The van der Waals surface area contributed by atoms with Crippen molar-refractivity contribution >= 4 is 0 Å². The molecular formula is C15H17F3O. The molecule has 1 aromatic carbocycles. The molecule has 1 nitrogen and oxygen atoms in total. The fraction of sp³-hybridized carbons (Fsp3) is 0.600. The number of hydrogen-bond acceptors (Lipinski definition) is 1. The first-order chi connectivity index (χ1) is 8.97. The van der Waals surface area contributed by atoms with E-state index in [0.29, 0.717) is 11.8 Å². The van der Waals surface area contributed by atoms with Gasteiger partial charge in [-0.05, 0) is 48.6 Å². The molecular weight excluding hydrogens is 253 g/mol. The molecule has 0 aliphatic heterocycles. The average molecular weight is 270 g/mol. The maximum absolute atomic E-state index is 13.0. The summed E-state index contributed by atoms with van der Waals surface area (Å²) in [5, 5.41) is 10.4. The first kappa shape index (κ1) is 13.0. The maximum Gasteiger partial charge on any atom is 0.416 e. The van der Waals surface area contributed by atoms with Gasteiger partial charge in [-0.25, -0.2) is 0 Å². The number of alkyl halides is 3. The van der Waals surface area contributed by atoms with Crippen LogP contribution in [-0.4, -0.2) is 5.11 Å². The Kier molecular flexibility index (Phi) is 3.08. The first-order valence-electron chi connectivity index (χ1n) is 6.81. The number of aliphatic hydroxyl groups is 1. The second-order valence-corrected chi connectivity index (χ2v) is 5.87. The van der Waals surface area contributed by atoms with Gasteiger partial charge in [0.15, 0.2) is 0 Å². The van der Waals surface area contributed by atoms with E-state index in [1.165, 1.54) is 18.6 Å². The summed E-state index contributed by atoms with van der Waals surface area (Å²) in [5.41, 5.74) is -0.641. The quantitative estimate of drug-likeness (QED) is 0.855. The van der Waals surface area contributed by atoms with E-state index >= 15 is 0 Å². The molecule has 1 aromatic rings. The van der Waals surface area contributed by atoms with E-state index < -0.39 is 17.8 Å². The smallest absolute Gasteiger partial charge is 0.388 e. The van der Waals surface area contributed by atoms with E-state index in [1.807, 2.05) is 0 Å². The Hall–Kier alpha value is -1.03. The van der Waals surface area contributed by atoms with E-state index in [9.17, 15) is 18.3 Å². The highest BCUT2D eigenvalue weighted by Gasteiger charge is 2.45. The molecule has 0 heterocycles. The third kappa shape index (κ3) is 2.27. The molecule has 2 aliphatic rings. The molecule has 0 aromatic heterocycles. The number of benzene rings is 1. The van der Waals surface area contributed by atoms with Crippen molar-refractivity contribution in [3.8, 4) is 0 Å². The highest BCUT2D eigenvalue weighted by atomic mass is 19.4. The minimum Gasteiger partial charge on any atom is -0.388 e. The molecule has 3 rings (SSSR count). The van der Waals surface area contributed by atoms with Crippen molar-refractivity contribution in [3.05, 3.63) is 35.4 Å². The van der Waals surface area contributed by atoms with Crippen LogP contribution in [0, 0.1) is 17.8 Å². The fourth-order valence-electron chi connectivity index (χ4n) is 3.92. The molecule has 1 N–H and O–H groups in total. The second-order valence-electron chi connectivity index (χ2n) is 5.87. The van der Waals surface area contributed by atoms with Crippen molar-refractivity contribution in [1.29, 1.82) is 0 Å². The molecule has 0 radical (unpaired) electrons. The van der Waals surface area contributed by atoms with Crippen LogP contribution >= 0.6 is 0 Å². The Bertz CT molecular complexity index is 469. The fourth-order valence-corrected chi connectivity index (χ4v) is 3.92. The van der Waals surface area contributed by atoms with E-state index in [2.05, 4.69) is 0 Å². The summed E-state index contributed by atoms with van der Waals surface area (Å²) >= 11 is 0. The molecule has 0 amide bonds. The zero-order valence-corrected chi connectivity index (χ0v) is 10.5. The van der Waals surface area contributed by atoms with Crippen LogP contribution in [0.1, 0.15) is 42.9 Å². The van der Waals surface area contributed by atoms with Crippen LogP contribution in [0.2, 0.25) is 0 Å². The highest BCUT2D eigenvalue weighted by Crippen LogP contribution is 2.53. The van der Waals surface area contributed by atoms with Crippen LogP contribution in [0.4, 0.5) is 13.2 Å². The Morgan fingerprint density at radius 3 is 2.42 bits per heavy atom. The summed E-state index contributed by atoms with van der Waals surface area (Å²) < 4.78 is 38.9. The van der Waals surface area contributed by atoms with Crippen molar-refractivity contribution in [2.45, 2.75) is 38.0 Å². The lowest BCUT2D eigenvalue weighted by Gasteiger charge is -2.28. The summed E-state index contributed by atoms with van der Waals surface area (Å²) in [6, 6.07) is 5.42. The van der Waals surface area contributed by atoms with Crippen LogP contribution in [-0.2, 0) is 6.18 Å². The van der Waals surface area contributed by atoms with Gasteiger partial charge in [0.05, 0.1) is 11.7 Å². The molecule has 0 spiro atoms. The van der Waals surface area contributed by atoms with Crippen molar-refractivity contribution in [3.63, 3.8) is 0 Å². The predicted molar refractivity (Wildman–Crippen MR) is 65.3 cm³/mol. The largest absolute Gasteiger partial charge is 0.416 e. The van der Waals surface area contributed by atoms with E-state index in [1.54, 1.807) is 6.07 Å². The third-order valence-electron chi connectivity index (χ3n) is 4.78. The summed E-state index contributed by atoms with van der Waals surface area (Å²) in [5.74, 6) is 1.02. The summed E-state index contributed by atoms with van der Waals surface area (Å²) in [6.45, 7) is 0. The van der Waals surface area contributed by atoms with Gasteiger partial charge < -0.3 is 5.11 Å².